The van der Waals surface area contributed by atoms with Crippen LogP contribution in [0.2, 0.25) is 0 Å². The van der Waals surface area contributed by atoms with Crippen molar-refractivity contribution in [2.45, 2.75) is 44.4 Å². The monoisotopic (exact) mass is 344 g/mol. The minimum absolute atomic E-state index is 0.562. The van der Waals surface area contributed by atoms with E-state index in [1.54, 1.807) is 12.1 Å². The summed E-state index contributed by atoms with van der Waals surface area (Å²) in [6.45, 7) is 0. The second kappa shape index (κ2) is 8.37. The van der Waals surface area contributed by atoms with Crippen LogP contribution in [0.25, 0.3) is 11.1 Å². The van der Waals surface area contributed by atoms with Crippen molar-refractivity contribution in [1.82, 2.24) is 0 Å². The SMILES string of the molecule is FC=CCCC1CCC(c2ccc(-c3ccc(F)c(F)c3)cc2)CC1. The van der Waals surface area contributed by atoms with Crippen LogP contribution in [0.5, 0.6) is 0 Å². The minimum atomic E-state index is -0.820. The van der Waals surface area contributed by atoms with E-state index >= 15 is 0 Å². The molecule has 0 atom stereocenters. The molecule has 25 heavy (non-hydrogen) atoms. The van der Waals surface area contributed by atoms with Crippen molar-refractivity contribution < 1.29 is 13.2 Å². The largest absolute Gasteiger partial charge is 0.216 e. The third kappa shape index (κ3) is 4.53. The summed E-state index contributed by atoms with van der Waals surface area (Å²) in [6, 6.07) is 12.2. The topological polar surface area (TPSA) is 0 Å². The first-order chi connectivity index (χ1) is 12.2. The van der Waals surface area contributed by atoms with Gasteiger partial charge in [0.05, 0.1) is 6.33 Å². The van der Waals surface area contributed by atoms with Crippen molar-refractivity contribution in [3.8, 4) is 11.1 Å². The van der Waals surface area contributed by atoms with E-state index in [1.807, 2.05) is 12.1 Å². The van der Waals surface area contributed by atoms with Crippen molar-refractivity contribution in [3.05, 3.63) is 72.1 Å². The maximum Gasteiger partial charge on any atom is 0.159 e. The van der Waals surface area contributed by atoms with E-state index in [0.29, 0.717) is 23.7 Å². The second-order valence-electron chi connectivity index (χ2n) is 6.91. The average Bonchev–Trinajstić information content (AvgIpc) is 2.65. The summed E-state index contributed by atoms with van der Waals surface area (Å²) in [7, 11) is 0. The highest BCUT2D eigenvalue weighted by Crippen LogP contribution is 2.38. The van der Waals surface area contributed by atoms with E-state index in [-0.39, 0.29) is 0 Å². The highest BCUT2D eigenvalue weighted by atomic mass is 19.2. The third-order valence-corrected chi connectivity index (χ3v) is 5.31. The predicted molar refractivity (Wildman–Crippen MR) is 96.0 cm³/mol. The lowest BCUT2D eigenvalue weighted by Gasteiger charge is -2.28. The molecule has 0 aliphatic heterocycles. The Kier molecular flexibility index (Phi) is 5.95. The van der Waals surface area contributed by atoms with Gasteiger partial charge in [0.25, 0.3) is 0 Å². The number of rotatable bonds is 5. The zero-order valence-electron chi connectivity index (χ0n) is 14.2. The Balaban J connectivity index is 1.60. The molecule has 0 heterocycles. The Morgan fingerprint density at radius 1 is 0.840 bits per heavy atom. The lowest BCUT2D eigenvalue weighted by molar-refractivity contribution is 0.311. The normalized spacial score (nSPS) is 20.9. The summed E-state index contributed by atoms with van der Waals surface area (Å²) in [6.07, 6.45) is 8.84. The van der Waals surface area contributed by atoms with Crippen LogP contribution in [-0.2, 0) is 0 Å². The van der Waals surface area contributed by atoms with Gasteiger partial charge in [-0.1, -0.05) is 36.4 Å². The van der Waals surface area contributed by atoms with Crippen LogP contribution >= 0.6 is 0 Å². The number of allylic oxidation sites excluding steroid dienone is 1. The molecule has 0 amide bonds. The Hall–Kier alpha value is -2.03. The van der Waals surface area contributed by atoms with Crippen LogP contribution in [0.3, 0.4) is 0 Å². The average molecular weight is 344 g/mol. The van der Waals surface area contributed by atoms with Crippen LogP contribution in [-0.4, -0.2) is 0 Å². The lowest BCUT2D eigenvalue weighted by atomic mass is 9.77. The van der Waals surface area contributed by atoms with Crippen molar-refractivity contribution in [3.63, 3.8) is 0 Å². The van der Waals surface area contributed by atoms with Gasteiger partial charge in [0.1, 0.15) is 0 Å². The van der Waals surface area contributed by atoms with Gasteiger partial charge in [-0.3, -0.25) is 0 Å². The number of benzene rings is 2. The number of hydrogen-bond acceptors (Lipinski definition) is 0. The summed E-state index contributed by atoms with van der Waals surface area (Å²) < 4.78 is 38.4. The van der Waals surface area contributed by atoms with Crippen molar-refractivity contribution in [1.29, 1.82) is 0 Å². The molecule has 3 rings (SSSR count). The molecular formula is C22H23F3. The maximum atomic E-state index is 13.4. The molecule has 3 heteroatoms. The molecule has 0 radical (unpaired) electrons. The molecule has 2 aromatic carbocycles. The highest BCUT2D eigenvalue weighted by Gasteiger charge is 2.21. The molecule has 1 aliphatic carbocycles. The second-order valence-corrected chi connectivity index (χ2v) is 6.91. The van der Waals surface area contributed by atoms with Gasteiger partial charge in [0, 0.05) is 0 Å². The van der Waals surface area contributed by atoms with Crippen LogP contribution < -0.4 is 0 Å². The first-order valence-electron chi connectivity index (χ1n) is 8.98. The van der Waals surface area contributed by atoms with E-state index in [0.717, 1.165) is 37.3 Å². The quantitative estimate of drug-likeness (QED) is 0.539. The van der Waals surface area contributed by atoms with Gasteiger partial charge in [0.2, 0.25) is 0 Å². The van der Waals surface area contributed by atoms with E-state index in [1.165, 1.54) is 24.5 Å². The smallest absolute Gasteiger partial charge is 0.159 e. The van der Waals surface area contributed by atoms with E-state index in [2.05, 4.69) is 12.1 Å². The molecular weight excluding hydrogens is 321 g/mol. The molecule has 0 nitrogen and oxygen atoms in total. The molecule has 0 bridgehead atoms. The fourth-order valence-corrected chi connectivity index (χ4v) is 3.80. The zero-order valence-corrected chi connectivity index (χ0v) is 14.2. The Bertz CT molecular complexity index is 711. The molecule has 1 saturated carbocycles. The van der Waals surface area contributed by atoms with E-state index < -0.39 is 11.6 Å². The van der Waals surface area contributed by atoms with Crippen molar-refractivity contribution >= 4 is 0 Å². The van der Waals surface area contributed by atoms with E-state index in [4.69, 9.17) is 0 Å². The van der Waals surface area contributed by atoms with Gasteiger partial charge in [-0.2, -0.15) is 0 Å². The fraction of sp³-hybridized carbons (Fsp3) is 0.364. The third-order valence-electron chi connectivity index (χ3n) is 5.31. The summed E-state index contributed by atoms with van der Waals surface area (Å²) in [5, 5.41) is 0. The number of hydrogen-bond donors (Lipinski definition) is 0. The Morgan fingerprint density at radius 3 is 2.16 bits per heavy atom. The van der Waals surface area contributed by atoms with Gasteiger partial charge < -0.3 is 0 Å². The molecule has 1 aliphatic rings. The Morgan fingerprint density at radius 2 is 1.52 bits per heavy atom. The Labute approximate surface area is 147 Å². The molecule has 0 saturated heterocycles. The van der Waals surface area contributed by atoms with Crippen molar-refractivity contribution in [2.75, 3.05) is 0 Å². The lowest BCUT2D eigenvalue weighted by Crippen LogP contribution is -2.13. The van der Waals surface area contributed by atoms with Gasteiger partial charge in [-0.25, -0.2) is 13.2 Å². The first kappa shape index (κ1) is 17.8. The standard InChI is InChI=1S/C22H23F3/c23-14-2-1-3-16-4-6-17(7-5-16)18-8-10-19(11-9-18)20-12-13-21(24)22(25)15-20/h2,8-17H,1,3-7H2. The van der Waals surface area contributed by atoms with Gasteiger partial charge in [0.15, 0.2) is 11.6 Å². The van der Waals surface area contributed by atoms with Crippen molar-refractivity contribution in [2.24, 2.45) is 5.92 Å². The van der Waals surface area contributed by atoms with Gasteiger partial charge in [-0.05, 0) is 79.2 Å². The number of halogens is 3. The molecule has 0 aromatic heterocycles. The van der Waals surface area contributed by atoms with Crippen LogP contribution in [0.1, 0.15) is 50.0 Å². The summed E-state index contributed by atoms with van der Waals surface area (Å²) in [5.41, 5.74) is 2.90. The molecule has 0 N–H and O–H groups in total. The zero-order chi connectivity index (χ0) is 17.6. The fourth-order valence-electron chi connectivity index (χ4n) is 3.80. The minimum Gasteiger partial charge on any atom is -0.216 e. The van der Waals surface area contributed by atoms with Gasteiger partial charge >= 0.3 is 0 Å². The summed E-state index contributed by atoms with van der Waals surface area (Å²) in [5.74, 6) is -0.373. The molecule has 132 valence electrons. The van der Waals surface area contributed by atoms with Crippen LogP contribution in [0.15, 0.2) is 54.9 Å². The molecule has 0 spiro atoms. The predicted octanol–water partition coefficient (Wildman–Crippen LogP) is 7.17. The maximum absolute atomic E-state index is 13.4. The molecule has 1 fully saturated rings. The van der Waals surface area contributed by atoms with Crippen LogP contribution in [0, 0.1) is 17.6 Å². The highest BCUT2D eigenvalue weighted by molar-refractivity contribution is 5.63. The van der Waals surface area contributed by atoms with E-state index in [9.17, 15) is 13.2 Å². The van der Waals surface area contributed by atoms with Gasteiger partial charge in [-0.15, -0.1) is 0 Å². The first-order valence-corrected chi connectivity index (χ1v) is 8.98. The molecule has 2 aromatic rings. The summed E-state index contributed by atoms with van der Waals surface area (Å²) >= 11 is 0. The summed E-state index contributed by atoms with van der Waals surface area (Å²) in [4.78, 5) is 0. The molecule has 0 unspecified atom stereocenters. The van der Waals surface area contributed by atoms with Crippen LogP contribution in [0.4, 0.5) is 13.2 Å².